The Hall–Kier alpha value is -1.42. The number of piperidine rings is 1. The molecule has 1 fully saturated rings. The third-order valence-corrected chi connectivity index (χ3v) is 3.78. The van der Waals surface area contributed by atoms with Crippen LogP contribution in [0, 0.1) is 11.7 Å². The molecule has 1 heterocycles. The van der Waals surface area contributed by atoms with Crippen LogP contribution in [0.2, 0.25) is 5.02 Å². The minimum absolute atomic E-state index is 0.210. The van der Waals surface area contributed by atoms with E-state index in [1.54, 1.807) is 6.07 Å². The molecule has 3 nitrogen and oxygen atoms in total. The molecule has 0 saturated carbocycles. The van der Waals surface area contributed by atoms with Crippen molar-refractivity contribution in [2.75, 3.05) is 0 Å². The van der Waals surface area contributed by atoms with Crippen molar-refractivity contribution < 1.29 is 14.0 Å². The Morgan fingerprint density at radius 3 is 2.79 bits per heavy atom. The normalized spacial score (nSPS) is 23.3. The minimum atomic E-state index is -0.424. The van der Waals surface area contributed by atoms with E-state index in [1.165, 1.54) is 12.1 Å². The number of hydrogen-bond acceptors (Lipinski definition) is 2. The molecule has 102 valence electrons. The maximum absolute atomic E-state index is 13.1. The summed E-state index contributed by atoms with van der Waals surface area (Å²) in [5, 5.41) is 2.62. The van der Waals surface area contributed by atoms with Crippen molar-refractivity contribution in [3.63, 3.8) is 0 Å². The van der Waals surface area contributed by atoms with Crippen molar-refractivity contribution in [3.05, 3.63) is 34.6 Å². The standard InChI is InChI=1S/C14H15ClFNO2/c1-2-3-10-11(7-13(18)17-14(10)19)9-5-4-8(16)6-12(9)15/h4-6,10-11H,2-3,7H2,1H3,(H,17,18,19). The topological polar surface area (TPSA) is 46.2 Å². The molecule has 5 heteroatoms. The summed E-state index contributed by atoms with van der Waals surface area (Å²) in [6.07, 6.45) is 1.72. The fraction of sp³-hybridized carbons (Fsp3) is 0.429. The zero-order valence-electron chi connectivity index (χ0n) is 10.6. The van der Waals surface area contributed by atoms with Gasteiger partial charge in [-0.25, -0.2) is 4.39 Å². The van der Waals surface area contributed by atoms with E-state index in [0.29, 0.717) is 12.0 Å². The van der Waals surface area contributed by atoms with E-state index in [4.69, 9.17) is 11.6 Å². The van der Waals surface area contributed by atoms with Gasteiger partial charge in [0.25, 0.3) is 0 Å². The second kappa shape index (κ2) is 5.70. The van der Waals surface area contributed by atoms with Crippen molar-refractivity contribution in [2.45, 2.75) is 32.1 Å². The molecule has 0 aromatic heterocycles. The maximum atomic E-state index is 13.1. The van der Waals surface area contributed by atoms with Gasteiger partial charge in [-0.1, -0.05) is 31.0 Å². The molecule has 0 aliphatic carbocycles. The molecule has 1 aromatic rings. The highest BCUT2D eigenvalue weighted by Crippen LogP contribution is 2.37. The summed E-state index contributed by atoms with van der Waals surface area (Å²) >= 11 is 6.04. The molecule has 2 unspecified atom stereocenters. The van der Waals surface area contributed by atoms with E-state index in [2.05, 4.69) is 5.32 Å². The SMILES string of the molecule is CCCC1C(=O)NC(=O)CC1c1ccc(F)cc1Cl. The minimum Gasteiger partial charge on any atom is -0.296 e. The largest absolute Gasteiger partial charge is 0.296 e. The van der Waals surface area contributed by atoms with Gasteiger partial charge in [0.15, 0.2) is 0 Å². The van der Waals surface area contributed by atoms with Gasteiger partial charge < -0.3 is 0 Å². The van der Waals surface area contributed by atoms with Crippen LogP contribution in [0.3, 0.4) is 0 Å². The quantitative estimate of drug-likeness (QED) is 0.867. The number of imide groups is 1. The number of carbonyl (C=O) groups excluding carboxylic acids is 2. The van der Waals surface area contributed by atoms with Crippen molar-refractivity contribution in [3.8, 4) is 0 Å². The lowest BCUT2D eigenvalue weighted by molar-refractivity contribution is -0.137. The van der Waals surface area contributed by atoms with Crippen molar-refractivity contribution >= 4 is 23.4 Å². The Kier molecular flexibility index (Phi) is 4.20. The average molecular weight is 284 g/mol. The van der Waals surface area contributed by atoms with Crippen molar-refractivity contribution in [2.24, 2.45) is 5.92 Å². The number of hydrogen-bond donors (Lipinski definition) is 1. The summed E-state index contributed by atoms with van der Waals surface area (Å²) in [4.78, 5) is 23.4. The predicted molar refractivity (Wildman–Crippen MR) is 70.3 cm³/mol. The Labute approximate surface area is 116 Å². The van der Waals surface area contributed by atoms with Crippen LogP contribution in [-0.2, 0) is 9.59 Å². The molecule has 2 atom stereocenters. The highest BCUT2D eigenvalue weighted by atomic mass is 35.5. The highest BCUT2D eigenvalue weighted by molar-refractivity contribution is 6.31. The molecular formula is C14H15ClFNO2. The smallest absolute Gasteiger partial charge is 0.230 e. The van der Waals surface area contributed by atoms with E-state index in [0.717, 1.165) is 6.42 Å². The number of halogens is 2. The Balaban J connectivity index is 2.37. The van der Waals surface area contributed by atoms with Gasteiger partial charge in [-0.2, -0.15) is 0 Å². The lowest BCUT2D eigenvalue weighted by Crippen LogP contribution is -2.44. The summed E-state index contributed by atoms with van der Waals surface area (Å²) in [5.41, 5.74) is 0.671. The van der Waals surface area contributed by atoms with Crippen LogP contribution < -0.4 is 5.32 Å². The van der Waals surface area contributed by atoms with E-state index in [-0.39, 0.29) is 35.1 Å². The number of nitrogens with one attached hydrogen (secondary N) is 1. The van der Waals surface area contributed by atoms with Gasteiger partial charge in [0, 0.05) is 23.3 Å². The van der Waals surface area contributed by atoms with Crippen LogP contribution in [-0.4, -0.2) is 11.8 Å². The Morgan fingerprint density at radius 2 is 2.16 bits per heavy atom. The second-order valence-electron chi connectivity index (χ2n) is 4.78. The number of benzene rings is 1. The molecule has 2 rings (SSSR count). The van der Waals surface area contributed by atoms with E-state index in [9.17, 15) is 14.0 Å². The zero-order chi connectivity index (χ0) is 14.0. The van der Waals surface area contributed by atoms with E-state index >= 15 is 0 Å². The van der Waals surface area contributed by atoms with Crippen molar-refractivity contribution in [1.29, 1.82) is 0 Å². The molecule has 1 aliphatic rings. The van der Waals surface area contributed by atoms with Gasteiger partial charge in [0.2, 0.25) is 11.8 Å². The first-order valence-corrected chi connectivity index (χ1v) is 6.69. The number of carbonyl (C=O) groups is 2. The van der Waals surface area contributed by atoms with Crippen molar-refractivity contribution in [1.82, 2.24) is 5.32 Å². The fourth-order valence-corrected chi connectivity index (χ4v) is 2.89. The summed E-state index contributed by atoms with van der Waals surface area (Å²) in [5.74, 6) is -1.54. The van der Waals surface area contributed by atoms with Crippen LogP contribution in [0.25, 0.3) is 0 Å². The first-order valence-electron chi connectivity index (χ1n) is 6.31. The molecule has 0 radical (unpaired) electrons. The molecule has 1 aliphatic heterocycles. The number of rotatable bonds is 3. The third-order valence-electron chi connectivity index (χ3n) is 3.45. The monoisotopic (exact) mass is 283 g/mol. The van der Waals surface area contributed by atoms with Crippen LogP contribution in [0.4, 0.5) is 4.39 Å². The summed E-state index contributed by atoms with van der Waals surface area (Å²) in [6, 6.07) is 4.09. The zero-order valence-corrected chi connectivity index (χ0v) is 11.3. The maximum Gasteiger partial charge on any atom is 0.230 e. The van der Waals surface area contributed by atoms with Crippen LogP contribution >= 0.6 is 11.6 Å². The summed E-state index contributed by atoms with van der Waals surface area (Å²) in [7, 11) is 0. The Morgan fingerprint density at radius 1 is 1.42 bits per heavy atom. The summed E-state index contributed by atoms with van der Waals surface area (Å²) in [6.45, 7) is 1.98. The molecule has 1 N–H and O–H groups in total. The molecule has 1 aromatic carbocycles. The predicted octanol–water partition coefficient (Wildman–Crippen LogP) is 3.03. The third kappa shape index (κ3) is 2.95. The van der Waals surface area contributed by atoms with Crippen LogP contribution in [0.5, 0.6) is 0 Å². The first-order chi connectivity index (χ1) is 9.02. The van der Waals surface area contributed by atoms with Gasteiger partial charge in [0.05, 0.1) is 0 Å². The molecule has 0 spiro atoms. The summed E-state index contributed by atoms with van der Waals surface area (Å²) < 4.78 is 13.1. The lowest BCUT2D eigenvalue weighted by atomic mass is 9.78. The van der Waals surface area contributed by atoms with Gasteiger partial charge in [-0.3, -0.25) is 14.9 Å². The molecular weight excluding hydrogens is 269 g/mol. The number of amides is 2. The Bertz CT molecular complexity index is 518. The van der Waals surface area contributed by atoms with Gasteiger partial charge in [0.1, 0.15) is 5.82 Å². The van der Waals surface area contributed by atoms with E-state index in [1.807, 2.05) is 6.92 Å². The molecule has 1 saturated heterocycles. The van der Waals surface area contributed by atoms with Gasteiger partial charge in [-0.05, 0) is 24.1 Å². The van der Waals surface area contributed by atoms with E-state index < -0.39 is 5.82 Å². The van der Waals surface area contributed by atoms with Crippen LogP contribution in [0.15, 0.2) is 18.2 Å². The highest BCUT2D eigenvalue weighted by Gasteiger charge is 2.36. The molecule has 2 amide bonds. The first kappa shape index (κ1) is 14.0. The fourth-order valence-electron chi connectivity index (χ4n) is 2.58. The second-order valence-corrected chi connectivity index (χ2v) is 5.19. The van der Waals surface area contributed by atoms with Gasteiger partial charge >= 0.3 is 0 Å². The lowest BCUT2D eigenvalue weighted by Gasteiger charge is -2.30. The molecule has 0 bridgehead atoms. The average Bonchev–Trinajstić information content (AvgIpc) is 2.32. The molecule has 19 heavy (non-hydrogen) atoms. The van der Waals surface area contributed by atoms with Gasteiger partial charge in [-0.15, -0.1) is 0 Å². The van der Waals surface area contributed by atoms with Crippen LogP contribution in [0.1, 0.15) is 37.7 Å².